The van der Waals surface area contributed by atoms with Crippen molar-refractivity contribution in [2.75, 3.05) is 6.54 Å². The van der Waals surface area contributed by atoms with Crippen molar-refractivity contribution in [1.29, 1.82) is 0 Å². The molecule has 0 unspecified atom stereocenters. The third-order valence-electron chi connectivity index (χ3n) is 3.13. The number of rotatable bonds is 2. The topological polar surface area (TPSA) is 29.9 Å². The van der Waals surface area contributed by atoms with Crippen molar-refractivity contribution in [3.8, 4) is 0 Å². The second-order valence-electron chi connectivity index (χ2n) is 4.75. The van der Waals surface area contributed by atoms with Gasteiger partial charge in [0.15, 0.2) is 0 Å². The summed E-state index contributed by atoms with van der Waals surface area (Å²) >= 11 is 0. The zero-order chi connectivity index (χ0) is 11.8. The third-order valence-corrected chi connectivity index (χ3v) is 3.13. The predicted octanol–water partition coefficient (Wildman–Crippen LogP) is 2.95. The highest BCUT2D eigenvalue weighted by atomic mass is 15.2. The quantitative estimate of drug-likeness (QED) is 0.854. The normalized spacial score (nSPS) is 15.4. The highest BCUT2D eigenvalue weighted by molar-refractivity contribution is 5.80. The molecule has 0 amide bonds. The lowest BCUT2D eigenvalue weighted by Crippen LogP contribution is -2.15. The number of fused-ring (bicyclic) bond motifs is 1. The van der Waals surface area contributed by atoms with Crippen LogP contribution in [0.5, 0.6) is 0 Å². The minimum Gasteiger partial charge on any atom is -0.371 e. The highest BCUT2D eigenvalue weighted by Gasteiger charge is 2.17. The van der Waals surface area contributed by atoms with Gasteiger partial charge >= 0.3 is 0 Å². The van der Waals surface area contributed by atoms with Gasteiger partial charge in [-0.3, -0.25) is 4.57 Å². The molecule has 3 nitrogen and oxygen atoms in total. The first-order valence-electron chi connectivity index (χ1n) is 6.19. The number of imidazole rings is 1. The van der Waals surface area contributed by atoms with E-state index in [1.165, 1.54) is 11.3 Å². The predicted molar refractivity (Wildman–Crippen MR) is 70.7 cm³/mol. The van der Waals surface area contributed by atoms with Gasteiger partial charge in [0, 0.05) is 12.5 Å². The van der Waals surface area contributed by atoms with Crippen LogP contribution in [0.2, 0.25) is 0 Å². The molecule has 88 valence electrons. The Morgan fingerprint density at radius 2 is 2.12 bits per heavy atom. The first-order chi connectivity index (χ1) is 8.27. The monoisotopic (exact) mass is 227 g/mol. The molecule has 2 aromatic rings. The largest absolute Gasteiger partial charge is 0.371 e. The van der Waals surface area contributed by atoms with Crippen LogP contribution < -0.4 is 5.32 Å². The minimum atomic E-state index is 0.422. The van der Waals surface area contributed by atoms with Gasteiger partial charge in [-0.1, -0.05) is 26.0 Å². The van der Waals surface area contributed by atoms with Crippen LogP contribution >= 0.6 is 0 Å². The molecule has 0 aliphatic carbocycles. The maximum absolute atomic E-state index is 4.74. The molecule has 0 saturated carbocycles. The van der Waals surface area contributed by atoms with Crippen molar-refractivity contribution in [2.45, 2.75) is 26.2 Å². The van der Waals surface area contributed by atoms with Gasteiger partial charge < -0.3 is 5.32 Å². The van der Waals surface area contributed by atoms with Crippen LogP contribution in [-0.4, -0.2) is 16.1 Å². The fourth-order valence-corrected chi connectivity index (χ4v) is 2.34. The van der Waals surface area contributed by atoms with Crippen LogP contribution in [0.4, 0.5) is 0 Å². The molecule has 0 spiro atoms. The van der Waals surface area contributed by atoms with Crippen molar-refractivity contribution in [3.63, 3.8) is 0 Å². The van der Waals surface area contributed by atoms with Gasteiger partial charge in [-0.05, 0) is 24.6 Å². The Morgan fingerprint density at radius 1 is 1.29 bits per heavy atom. The minimum absolute atomic E-state index is 0.422. The molecule has 3 heteroatoms. The fraction of sp³-hybridized carbons (Fsp3) is 0.357. The second kappa shape index (κ2) is 3.91. The molecule has 0 atom stereocenters. The molecule has 0 radical (unpaired) electrons. The van der Waals surface area contributed by atoms with Gasteiger partial charge in [-0.25, -0.2) is 4.98 Å². The molecule has 0 fully saturated rings. The zero-order valence-electron chi connectivity index (χ0n) is 10.3. The smallest absolute Gasteiger partial charge is 0.118 e. The van der Waals surface area contributed by atoms with E-state index in [0.29, 0.717) is 5.92 Å². The summed E-state index contributed by atoms with van der Waals surface area (Å²) in [5, 5.41) is 3.43. The number of aromatic nitrogens is 2. The molecule has 2 heterocycles. The summed E-state index contributed by atoms with van der Waals surface area (Å²) in [5.41, 5.74) is 2.27. The highest BCUT2D eigenvalue weighted by Crippen LogP contribution is 2.25. The van der Waals surface area contributed by atoms with Gasteiger partial charge in [0.1, 0.15) is 11.6 Å². The molecular formula is C14H17N3. The van der Waals surface area contributed by atoms with Gasteiger partial charge in [-0.2, -0.15) is 0 Å². The summed E-state index contributed by atoms with van der Waals surface area (Å²) < 4.78 is 2.26. The first-order valence-corrected chi connectivity index (χ1v) is 6.19. The number of para-hydroxylation sites is 2. The van der Waals surface area contributed by atoms with Crippen molar-refractivity contribution >= 4 is 16.9 Å². The average molecular weight is 227 g/mol. The molecule has 1 N–H and O–H groups in total. The summed E-state index contributed by atoms with van der Waals surface area (Å²) in [5.74, 6) is 2.74. The number of nitrogens with zero attached hydrogens (tertiary/aromatic N) is 2. The molecule has 17 heavy (non-hydrogen) atoms. The van der Waals surface area contributed by atoms with Crippen LogP contribution in [-0.2, 0) is 0 Å². The third kappa shape index (κ3) is 1.62. The Labute approximate surface area is 101 Å². The average Bonchev–Trinajstić information content (AvgIpc) is 2.94. The second-order valence-corrected chi connectivity index (χ2v) is 4.75. The Hall–Kier alpha value is -1.77. The number of hydrogen-bond donors (Lipinski definition) is 1. The van der Waals surface area contributed by atoms with Gasteiger partial charge in [-0.15, -0.1) is 0 Å². The van der Waals surface area contributed by atoms with E-state index in [0.717, 1.165) is 24.3 Å². The number of hydrogen-bond acceptors (Lipinski definition) is 2. The number of nitrogens with one attached hydrogen (secondary N) is 1. The van der Waals surface area contributed by atoms with E-state index in [4.69, 9.17) is 4.98 Å². The van der Waals surface area contributed by atoms with E-state index in [9.17, 15) is 0 Å². The zero-order valence-corrected chi connectivity index (χ0v) is 10.3. The summed E-state index contributed by atoms with van der Waals surface area (Å²) in [4.78, 5) is 4.74. The molecule has 1 aliphatic rings. The lowest BCUT2D eigenvalue weighted by molar-refractivity contribution is 0.749. The maximum Gasteiger partial charge on any atom is 0.118 e. The molecule has 0 saturated heterocycles. The van der Waals surface area contributed by atoms with Crippen LogP contribution in [0.15, 0.2) is 30.3 Å². The van der Waals surface area contributed by atoms with E-state index < -0.39 is 0 Å². The Balaban J connectivity index is 2.28. The number of benzene rings is 1. The van der Waals surface area contributed by atoms with Gasteiger partial charge in [0.25, 0.3) is 0 Å². The molecular weight excluding hydrogens is 210 g/mol. The van der Waals surface area contributed by atoms with E-state index >= 15 is 0 Å². The van der Waals surface area contributed by atoms with Crippen LogP contribution in [0.1, 0.15) is 32.0 Å². The molecule has 1 aromatic heterocycles. The molecule has 1 aromatic carbocycles. The molecule has 0 bridgehead atoms. The Kier molecular flexibility index (Phi) is 2.39. The SMILES string of the molecule is CC(C)c1nc2ccccc2n1C1=CCCN1. The van der Waals surface area contributed by atoms with Crippen LogP contribution in [0.3, 0.4) is 0 Å². The summed E-state index contributed by atoms with van der Waals surface area (Å²) in [6.07, 6.45) is 3.35. The van der Waals surface area contributed by atoms with E-state index in [-0.39, 0.29) is 0 Å². The summed E-state index contributed by atoms with van der Waals surface area (Å²) in [6, 6.07) is 8.32. The Morgan fingerprint density at radius 3 is 2.82 bits per heavy atom. The maximum atomic E-state index is 4.74. The summed E-state index contributed by atoms with van der Waals surface area (Å²) in [6.45, 7) is 5.40. The fourth-order valence-electron chi connectivity index (χ4n) is 2.34. The van der Waals surface area contributed by atoms with Crippen molar-refractivity contribution in [3.05, 3.63) is 36.2 Å². The van der Waals surface area contributed by atoms with E-state index in [2.05, 4.69) is 48.0 Å². The van der Waals surface area contributed by atoms with Crippen molar-refractivity contribution < 1.29 is 0 Å². The van der Waals surface area contributed by atoms with E-state index in [1.54, 1.807) is 0 Å². The van der Waals surface area contributed by atoms with Crippen molar-refractivity contribution in [1.82, 2.24) is 14.9 Å². The lowest BCUT2D eigenvalue weighted by Gasteiger charge is -2.13. The summed E-state index contributed by atoms with van der Waals surface area (Å²) in [7, 11) is 0. The van der Waals surface area contributed by atoms with Crippen LogP contribution in [0.25, 0.3) is 16.9 Å². The van der Waals surface area contributed by atoms with Crippen LogP contribution in [0, 0.1) is 0 Å². The van der Waals surface area contributed by atoms with Gasteiger partial charge in [0.2, 0.25) is 0 Å². The van der Waals surface area contributed by atoms with E-state index in [1.807, 2.05) is 6.07 Å². The standard InChI is InChI=1S/C14H17N3/c1-10(2)14-16-11-6-3-4-7-12(11)17(14)13-8-5-9-15-13/h3-4,6-8,10,15H,5,9H2,1-2H3. The van der Waals surface area contributed by atoms with Crippen molar-refractivity contribution in [2.24, 2.45) is 0 Å². The molecule has 1 aliphatic heterocycles. The molecule has 3 rings (SSSR count). The lowest BCUT2D eigenvalue weighted by atomic mass is 10.2. The van der Waals surface area contributed by atoms with Gasteiger partial charge in [0.05, 0.1) is 11.0 Å². The Bertz CT molecular complexity index is 578. The first kappa shape index (κ1) is 10.4.